The first-order valence-corrected chi connectivity index (χ1v) is 7.79. The fourth-order valence-corrected chi connectivity index (χ4v) is 2.61. The number of rotatable bonds is 4. The highest BCUT2D eigenvalue weighted by molar-refractivity contribution is 6.30. The Hall–Kier alpha value is -2.67. The summed E-state index contributed by atoms with van der Waals surface area (Å²) in [5, 5.41) is 3.02. The van der Waals surface area contributed by atoms with Crippen LogP contribution >= 0.6 is 11.6 Å². The molecular weight excluding hydrogens is 354 g/mol. The summed E-state index contributed by atoms with van der Waals surface area (Å²) < 4.78 is 31.2. The van der Waals surface area contributed by atoms with Gasteiger partial charge in [-0.2, -0.15) is 0 Å². The first kappa shape index (κ1) is 17.2. The number of carbonyl (C=O) groups excluding carboxylic acids is 2. The van der Waals surface area contributed by atoms with Gasteiger partial charge in [0.15, 0.2) is 11.6 Å². The number of anilines is 1. The van der Waals surface area contributed by atoms with E-state index >= 15 is 0 Å². The average Bonchev–Trinajstić information content (AvgIpc) is 2.96. The molecule has 1 fully saturated rings. The molecule has 1 aliphatic heterocycles. The molecule has 2 aromatic carbocycles. The molecule has 2 amide bonds. The molecule has 3 rings (SSSR count). The maximum absolute atomic E-state index is 13.2. The molecule has 0 aromatic heterocycles. The van der Waals surface area contributed by atoms with E-state index in [1.165, 1.54) is 11.0 Å². The van der Waals surface area contributed by atoms with Gasteiger partial charge >= 0.3 is 6.09 Å². The van der Waals surface area contributed by atoms with Crippen LogP contribution in [0.2, 0.25) is 5.02 Å². The Kier molecular flexibility index (Phi) is 4.85. The number of carbonyl (C=O) groups is 2. The van der Waals surface area contributed by atoms with Crippen LogP contribution in [-0.2, 0) is 4.74 Å². The third kappa shape index (κ3) is 3.88. The summed E-state index contributed by atoms with van der Waals surface area (Å²) in [5.74, 6) is -2.72. The quantitative estimate of drug-likeness (QED) is 0.902. The van der Waals surface area contributed by atoms with Gasteiger partial charge in [0.2, 0.25) is 0 Å². The predicted octanol–water partition coefficient (Wildman–Crippen LogP) is 3.37. The number of cyclic esters (lactones) is 1. The Bertz CT molecular complexity index is 831. The molecule has 0 aliphatic carbocycles. The molecule has 2 aromatic rings. The molecular formula is C17H13ClF2N2O3. The lowest BCUT2D eigenvalue weighted by atomic mass is 10.2. The van der Waals surface area contributed by atoms with Gasteiger partial charge in [-0.1, -0.05) is 17.7 Å². The van der Waals surface area contributed by atoms with Crippen LogP contribution in [0.25, 0.3) is 0 Å². The van der Waals surface area contributed by atoms with E-state index in [4.69, 9.17) is 16.3 Å². The normalized spacial score (nSPS) is 16.7. The second-order valence-corrected chi connectivity index (χ2v) is 5.87. The van der Waals surface area contributed by atoms with Gasteiger partial charge in [-0.25, -0.2) is 13.6 Å². The van der Waals surface area contributed by atoms with Crippen molar-refractivity contribution in [1.29, 1.82) is 0 Å². The third-order valence-corrected chi connectivity index (χ3v) is 3.90. The van der Waals surface area contributed by atoms with Crippen LogP contribution in [0.1, 0.15) is 10.4 Å². The van der Waals surface area contributed by atoms with E-state index < -0.39 is 29.7 Å². The van der Waals surface area contributed by atoms with Gasteiger partial charge < -0.3 is 10.1 Å². The Labute approximate surface area is 147 Å². The van der Waals surface area contributed by atoms with Crippen molar-refractivity contribution < 1.29 is 23.1 Å². The van der Waals surface area contributed by atoms with E-state index in [1.807, 2.05) is 0 Å². The number of nitrogens with one attached hydrogen (secondary N) is 1. The molecule has 1 aliphatic rings. The van der Waals surface area contributed by atoms with Crippen molar-refractivity contribution in [3.05, 3.63) is 64.7 Å². The van der Waals surface area contributed by atoms with Crippen molar-refractivity contribution in [2.75, 3.05) is 18.0 Å². The zero-order valence-electron chi connectivity index (χ0n) is 12.8. The van der Waals surface area contributed by atoms with Gasteiger partial charge in [0.1, 0.15) is 6.10 Å². The molecule has 5 nitrogen and oxygen atoms in total. The summed E-state index contributed by atoms with van der Waals surface area (Å²) in [5.41, 5.74) is 0.571. The molecule has 8 heteroatoms. The highest BCUT2D eigenvalue weighted by Gasteiger charge is 2.32. The fraction of sp³-hybridized carbons (Fsp3) is 0.176. The van der Waals surface area contributed by atoms with E-state index in [-0.39, 0.29) is 18.7 Å². The van der Waals surface area contributed by atoms with Crippen LogP contribution in [0, 0.1) is 11.6 Å². The largest absolute Gasteiger partial charge is 0.442 e. The Balaban J connectivity index is 1.60. The second kappa shape index (κ2) is 7.06. The van der Waals surface area contributed by atoms with E-state index in [9.17, 15) is 18.4 Å². The molecule has 1 N–H and O–H groups in total. The standard InChI is InChI=1S/C17H13ClF2N2O3/c18-11-2-1-3-12(7-11)22-9-13(25-17(22)24)8-21-16(23)10-4-5-14(19)15(20)6-10/h1-7,13H,8-9H2,(H,21,23). The van der Waals surface area contributed by atoms with Gasteiger partial charge in [0.25, 0.3) is 5.91 Å². The summed E-state index contributed by atoms with van der Waals surface area (Å²) in [7, 11) is 0. The minimum Gasteiger partial charge on any atom is -0.442 e. The summed E-state index contributed by atoms with van der Waals surface area (Å²) in [6.45, 7) is 0.276. The SMILES string of the molecule is O=C(NCC1CN(c2cccc(Cl)c2)C(=O)O1)c1ccc(F)c(F)c1. The Morgan fingerprint density at radius 1 is 1.24 bits per heavy atom. The molecule has 0 spiro atoms. The van der Waals surface area contributed by atoms with Crippen LogP contribution in [0.3, 0.4) is 0 Å². The molecule has 25 heavy (non-hydrogen) atoms. The number of hydrogen-bond acceptors (Lipinski definition) is 3. The average molecular weight is 367 g/mol. The van der Waals surface area contributed by atoms with Gasteiger partial charge in [-0.3, -0.25) is 9.69 Å². The lowest BCUT2D eigenvalue weighted by Crippen LogP contribution is -2.34. The van der Waals surface area contributed by atoms with Crippen LogP contribution in [-0.4, -0.2) is 31.2 Å². The van der Waals surface area contributed by atoms with Crippen molar-refractivity contribution in [3.8, 4) is 0 Å². The maximum atomic E-state index is 13.2. The second-order valence-electron chi connectivity index (χ2n) is 5.44. The Morgan fingerprint density at radius 3 is 2.76 bits per heavy atom. The number of hydrogen-bond donors (Lipinski definition) is 1. The lowest BCUT2D eigenvalue weighted by molar-refractivity contribution is 0.0915. The lowest BCUT2D eigenvalue weighted by Gasteiger charge is -2.13. The number of ether oxygens (including phenoxy) is 1. The molecule has 1 saturated heterocycles. The maximum Gasteiger partial charge on any atom is 0.414 e. The number of amides is 2. The molecule has 1 unspecified atom stereocenters. The van der Waals surface area contributed by atoms with Crippen molar-refractivity contribution in [2.24, 2.45) is 0 Å². The minimum absolute atomic E-state index is 0.0186. The Morgan fingerprint density at radius 2 is 2.04 bits per heavy atom. The fourth-order valence-electron chi connectivity index (χ4n) is 2.43. The van der Waals surface area contributed by atoms with Crippen LogP contribution < -0.4 is 10.2 Å². The van der Waals surface area contributed by atoms with Gasteiger partial charge in [-0.15, -0.1) is 0 Å². The topological polar surface area (TPSA) is 58.6 Å². The van der Waals surface area contributed by atoms with Gasteiger partial charge in [-0.05, 0) is 36.4 Å². The van der Waals surface area contributed by atoms with Gasteiger partial charge in [0.05, 0.1) is 13.1 Å². The number of nitrogens with zero attached hydrogens (tertiary/aromatic N) is 1. The first-order valence-electron chi connectivity index (χ1n) is 7.41. The van der Waals surface area contributed by atoms with Crippen molar-refractivity contribution in [1.82, 2.24) is 5.32 Å². The predicted molar refractivity (Wildman–Crippen MR) is 87.8 cm³/mol. The van der Waals surface area contributed by atoms with Crippen molar-refractivity contribution in [3.63, 3.8) is 0 Å². The first-order chi connectivity index (χ1) is 11.9. The summed E-state index contributed by atoms with van der Waals surface area (Å²) >= 11 is 5.91. The molecule has 1 atom stereocenters. The molecule has 1 heterocycles. The molecule has 0 radical (unpaired) electrons. The van der Waals surface area contributed by atoms with Crippen molar-refractivity contribution in [2.45, 2.75) is 6.10 Å². The molecule has 130 valence electrons. The summed E-state index contributed by atoms with van der Waals surface area (Å²) in [6, 6.07) is 9.60. The zero-order chi connectivity index (χ0) is 18.0. The highest BCUT2D eigenvalue weighted by atomic mass is 35.5. The zero-order valence-corrected chi connectivity index (χ0v) is 13.6. The van der Waals surface area contributed by atoms with E-state index in [1.54, 1.807) is 24.3 Å². The number of benzene rings is 2. The molecule has 0 bridgehead atoms. The van der Waals surface area contributed by atoms with Crippen LogP contribution in [0.15, 0.2) is 42.5 Å². The summed E-state index contributed by atoms with van der Waals surface area (Å²) in [6.07, 6.45) is -1.12. The third-order valence-electron chi connectivity index (χ3n) is 3.67. The van der Waals surface area contributed by atoms with Crippen LogP contribution in [0.5, 0.6) is 0 Å². The van der Waals surface area contributed by atoms with Crippen molar-refractivity contribution >= 4 is 29.3 Å². The summed E-state index contributed by atoms with van der Waals surface area (Å²) in [4.78, 5) is 25.3. The van der Waals surface area contributed by atoms with E-state index in [2.05, 4.69) is 5.32 Å². The monoisotopic (exact) mass is 366 g/mol. The molecule has 0 saturated carbocycles. The smallest absolute Gasteiger partial charge is 0.414 e. The highest BCUT2D eigenvalue weighted by Crippen LogP contribution is 2.24. The number of halogens is 3. The van der Waals surface area contributed by atoms with Gasteiger partial charge in [0, 0.05) is 16.3 Å². The van der Waals surface area contributed by atoms with Crippen LogP contribution in [0.4, 0.5) is 19.3 Å². The van der Waals surface area contributed by atoms with E-state index in [0.717, 1.165) is 12.1 Å². The van der Waals surface area contributed by atoms with E-state index in [0.29, 0.717) is 10.7 Å². The minimum atomic E-state index is -1.10.